The highest BCUT2D eigenvalue weighted by atomic mass is 32.2. The van der Waals surface area contributed by atoms with E-state index in [-0.39, 0.29) is 0 Å². The third kappa shape index (κ3) is 3.22. The third-order valence-electron chi connectivity index (χ3n) is 3.50. The molecule has 4 heteroatoms. The lowest BCUT2D eigenvalue weighted by molar-refractivity contribution is 0.341. The van der Waals surface area contributed by atoms with Crippen molar-refractivity contribution >= 4 is 22.8 Å². The Bertz CT molecular complexity index is 718. The lowest BCUT2D eigenvalue weighted by Gasteiger charge is -2.10. The van der Waals surface area contributed by atoms with E-state index in [2.05, 4.69) is 29.9 Å². The summed E-state index contributed by atoms with van der Waals surface area (Å²) in [5.41, 5.74) is 4.56. The summed E-state index contributed by atoms with van der Waals surface area (Å²) < 4.78 is 5.85. The lowest BCUT2D eigenvalue weighted by Crippen LogP contribution is -2.02. The Balaban J connectivity index is 1.55. The van der Waals surface area contributed by atoms with Crippen molar-refractivity contribution in [2.24, 2.45) is 0 Å². The molecule has 108 valence electrons. The highest BCUT2D eigenvalue weighted by Crippen LogP contribution is 2.22. The van der Waals surface area contributed by atoms with Crippen LogP contribution in [0.25, 0.3) is 11.0 Å². The number of nitrogens with zero attached hydrogens (tertiary/aromatic N) is 1. The predicted octanol–water partition coefficient (Wildman–Crippen LogP) is 4.35. The minimum absolute atomic E-state index is 0.673. The average Bonchev–Trinajstić information content (AvgIpc) is 2.90. The summed E-state index contributed by atoms with van der Waals surface area (Å²) in [5.74, 6) is 1.84. The molecule has 21 heavy (non-hydrogen) atoms. The van der Waals surface area contributed by atoms with E-state index in [0.717, 1.165) is 27.7 Å². The zero-order valence-electron chi connectivity index (χ0n) is 12.2. The van der Waals surface area contributed by atoms with Gasteiger partial charge in [-0.25, -0.2) is 4.98 Å². The largest absolute Gasteiger partial charge is 0.492 e. The maximum Gasteiger partial charge on any atom is 0.166 e. The van der Waals surface area contributed by atoms with Crippen molar-refractivity contribution in [3.8, 4) is 5.75 Å². The molecule has 0 amide bonds. The molecular weight excluding hydrogens is 280 g/mol. The molecule has 2 aromatic carbocycles. The van der Waals surface area contributed by atoms with Crippen LogP contribution in [-0.4, -0.2) is 22.3 Å². The van der Waals surface area contributed by atoms with E-state index in [0.29, 0.717) is 6.61 Å². The fourth-order valence-corrected chi connectivity index (χ4v) is 2.87. The first-order valence-electron chi connectivity index (χ1n) is 7.00. The van der Waals surface area contributed by atoms with Gasteiger partial charge in [-0.15, -0.1) is 0 Å². The van der Waals surface area contributed by atoms with Gasteiger partial charge in [-0.2, -0.15) is 0 Å². The highest BCUT2D eigenvalue weighted by Gasteiger charge is 2.04. The fraction of sp³-hybridized carbons (Fsp3) is 0.235. The standard InChI is InChI=1S/C17H18N2OS/c1-12-6-5-9-16(13(12)2)20-10-11-21-17-18-14-7-3-4-8-15(14)19-17/h3-9H,10-11H2,1-2H3,(H,18,19). The van der Waals surface area contributed by atoms with Gasteiger partial charge in [0.25, 0.3) is 0 Å². The first-order chi connectivity index (χ1) is 10.2. The van der Waals surface area contributed by atoms with E-state index < -0.39 is 0 Å². The van der Waals surface area contributed by atoms with Gasteiger partial charge in [-0.05, 0) is 43.2 Å². The number of aryl methyl sites for hydroxylation is 1. The summed E-state index contributed by atoms with van der Waals surface area (Å²) in [6.07, 6.45) is 0. The van der Waals surface area contributed by atoms with Gasteiger partial charge in [-0.3, -0.25) is 0 Å². The van der Waals surface area contributed by atoms with E-state index in [1.54, 1.807) is 11.8 Å². The average molecular weight is 298 g/mol. The number of hydrogen-bond acceptors (Lipinski definition) is 3. The van der Waals surface area contributed by atoms with Crippen molar-refractivity contribution in [1.29, 1.82) is 0 Å². The summed E-state index contributed by atoms with van der Waals surface area (Å²) in [6, 6.07) is 14.2. The number of nitrogens with one attached hydrogen (secondary N) is 1. The molecule has 1 N–H and O–H groups in total. The Hall–Kier alpha value is -1.94. The number of hydrogen-bond donors (Lipinski definition) is 1. The maximum atomic E-state index is 5.85. The SMILES string of the molecule is Cc1cccc(OCCSc2nc3ccccc3[nH]2)c1C. The van der Waals surface area contributed by atoms with E-state index >= 15 is 0 Å². The molecule has 0 fully saturated rings. The number of para-hydroxylation sites is 2. The second-order valence-electron chi connectivity index (χ2n) is 4.95. The van der Waals surface area contributed by atoms with Crippen LogP contribution >= 0.6 is 11.8 Å². The molecule has 0 spiro atoms. The van der Waals surface area contributed by atoms with Crippen LogP contribution in [0, 0.1) is 13.8 Å². The topological polar surface area (TPSA) is 37.9 Å². The summed E-state index contributed by atoms with van der Waals surface area (Å²) in [6.45, 7) is 4.87. The molecule has 0 unspecified atom stereocenters. The zero-order chi connectivity index (χ0) is 14.7. The molecule has 0 saturated heterocycles. The van der Waals surface area contributed by atoms with Crippen molar-refractivity contribution in [3.63, 3.8) is 0 Å². The zero-order valence-corrected chi connectivity index (χ0v) is 13.0. The van der Waals surface area contributed by atoms with Crippen LogP contribution in [0.5, 0.6) is 5.75 Å². The molecule has 3 rings (SSSR count). The first kappa shape index (κ1) is 14.0. The molecule has 0 radical (unpaired) electrons. The Morgan fingerprint density at radius 3 is 2.81 bits per heavy atom. The predicted molar refractivity (Wildman–Crippen MR) is 88.2 cm³/mol. The molecule has 0 aliphatic heterocycles. The van der Waals surface area contributed by atoms with E-state index in [4.69, 9.17) is 4.74 Å². The molecule has 1 heterocycles. The number of aromatic amines is 1. The van der Waals surface area contributed by atoms with Gasteiger partial charge < -0.3 is 9.72 Å². The number of ether oxygens (including phenoxy) is 1. The van der Waals surface area contributed by atoms with Gasteiger partial charge in [0.1, 0.15) is 5.75 Å². The lowest BCUT2D eigenvalue weighted by atomic mass is 10.1. The smallest absolute Gasteiger partial charge is 0.166 e. The maximum absolute atomic E-state index is 5.85. The Morgan fingerprint density at radius 1 is 1.10 bits per heavy atom. The van der Waals surface area contributed by atoms with Crippen LogP contribution < -0.4 is 4.74 Å². The van der Waals surface area contributed by atoms with E-state index in [1.807, 2.05) is 36.4 Å². The normalized spacial score (nSPS) is 11.0. The van der Waals surface area contributed by atoms with Crippen molar-refractivity contribution in [2.75, 3.05) is 12.4 Å². The number of imidazole rings is 1. The molecule has 1 aromatic heterocycles. The van der Waals surface area contributed by atoms with Crippen LogP contribution in [0.1, 0.15) is 11.1 Å². The molecule has 0 aliphatic rings. The van der Waals surface area contributed by atoms with E-state index in [9.17, 15) is 0 Å². The first-order valence-corrected chi connectivity index (χ1v) is 7.99. The quantitative estimate of drug-likeness (QED) is 0.562. The summed E-state index contributed by atoms with van der Waals surface area (Å²) in [7, 11) is 0. The van der Waals surface area contributed by atoms with Gasteiger partial charge in [0.05, 0.1) is 17.6 Å². The minimum atomic E-state index is 0.673. The fourth-order valence-electron chi connectivity index (χ4n) is 2.17. The van der Waals surface area contributed by atoms with Crippen molar-refractivity contribution in [3.05, 3.63) is 53.6 Å². The van der Waals surface area contributed by atoms with Crippen molar-refractivity contribution < 1.29 is 4.74 Å². The van der Waals surface area contributed by atoms with Crippen molar-refractivity contribution in [2.45, 2.75) is 19.0 Å². The second-order valence-corrected chi connectivity index (χ2v) is 6.04. The number of aromatic nitrogens is 2. The number of rotatable bonds is 5. The van der Waals surface area contributed by atoms with Gasteiger partial charge >= 0.3 is 0 Å². The van der Waals surface area contributed by atoms with Gasteiger partial charge in [0.15, 0.2) is 5.16 Å². The summed E-state index contributed by atoms with van der Waals surface area (Å²) in [5, 5.41) is 0.945. The molecular formula is C17H18N2OS. The van der Waals surface area contributed by atoms with E-state index in [1.165, 1.54) is 11.1 Å². The van der Waals surface area contributed by atoms with Gasteiger partial charge in [0.2, 0.25) is 0 Å². The van der Waals surface area contributed by atoms with Crippen molar-refractivity contribution in [1.82, 2.24) is 9.97 Å². The molecule has 0 saturated carbocycles. The minimum Gasteiger partial charge on any atom is -0.492 e. The molecule has 0 atom stereocenters. The summed E-state index contributed by atoms with van der Waals surface area (Å²) in [4.78, 5) is 7.85. The summed E-state index contributed by atoms with van der Waals surface area (Å²) >= 11 is 1.68. The highest BCUT2D eigenvalue weighted by molar-refractivity contribution is 7.99. The Morgan fingerprint density at radius 2 is 1.95 bits per heavy atom. The third-order valence-corrected chi connectivity index (χ3v) is 4.34. The van der Waals surface area contributed by atoms with Gasteiger partial charge in [0, 0.05) is 5.75 Å². The van der Waals surface area contributed by atoms with Crippen LogP contribution in [0.15, 0.2) is 47.6 Å². The second kappa shape index (κ2) is 6.22. The Labute approximate surface area is 128 Å². The molecule has 0 bridgehead atoms. The molecule has 3 aromatic rings. The number of benzene rings is 2. The monoisotopic (exact) mass is 298 g/mol. The molecule has 0 aliphatic carbocycles. The van der Waals surface area contributed by atoms with Crippen LogP contribution in [0.3, 0.4) is 0 Å². The number of fused-ring (bicyclic) bond motifs is 1. The number of thioether (sulfide) groups is 1. The van der Waals surface area contributed by atoms with Gasteiger partial charge in [-0.1, -0.05) is 36.0 Å². The number of H-pyrrole nitrogens is 1. The molecule has 3 nitrogen and oxygen atoms in total. The van der Waals surface area contributed by atoms with Crippen LogP contribution in [0.4, 0.5) is 0 Å². The Kier molecular flexibility index (Phi) is 4.15. The van der Waals surface area contributed by atoms with Crippen LogP contribution in [0.2, 0.25) is 0 Å². The van der Waals surface area contributed by atoms with Crippen LogP contribution in [-0.2, 0) is 0 Å².